The van der Waals surface area contributed by atoms with Crippen LogP contribution >= 0.6 is 23.4 Å². The molecule has 0 saturated heterocycles. The summed E-state index contributed by atoms with van der Waals surface area (Å²) in [5.41, 5.74) is 3.82. The number of hydrazone groups is 1. The Hall–Kier alpha value is -2.31. The summed E-state index contributed by atoms with van der Waals surface area (Å²) in [6.07, 6.45) is 3.66. The number of rotatable bonds is 7. The molecule has 0 unspecified atom stereocenters. The van der Waals surface area contributed by atoms with Crippen LogP contribution in [-0.2, 0) is 9.59 Å². The van der Waals surface area contributed by atoms with Crippen LogP contribution in [0.3, 0.4) is 0 Å². The second-order valence-corrected chi connectivity index (χ2v) is 6.38. The van der Waals surface area contributed by atoms with Gasteiger partial charge in [-0.15, -0.1) is 11.8 Å². The first-order chi connectivity index (χ1) is 12.1. The van der Waals surface area contributed by atoms with E-state index in [1.807, 2.05) is 30.5 Å². The van der Waals surface area contributed by atoms with Gasteiger partial charge >= 0.3 is 0 Å². The van der Waals surface area contributed by atoms with Crippen molar-refractivity contribution in [2.24, 2.45) is 5.10 Å². The van der Waals surface area contributed by atoms with Gasteiger partial charge in [0.25, 0.3) is 0 Å². The smallest absolute Gasteiger partial charge is 0.240 e. The highest BCUT2D eigenvalue weighted by Gasteiger charge is 2.08. The largest absolute Gasteiger partial charge is 0.325 e. The number of nitrogens with zero attached hydrogens (tertiary/aromatic N) is 1. The molecule has 2 rings (SSSR count). The van der Waals surface area contributed by atoms with E-state index >= 15 is 0 Å². The van der Waals surface area contributed by atoms with Crippen molar-refractivity contribution in [2.45, 2.75) is 17.7 Å². The molecule has 5 nitrogen and oxygen atoms in total. The Kier molecular flexibility index (Phi) is 7.50. The van der Waals surface area contributed by atoms with E-state index in [2.05, 4.69) is 15.8 Å². The maximum absolute atomic E-state index is 11.8. The number of benzene rings is 2. The Morgan fingerprint density at radius 3 is 2.44 bits per heavy atom. The average molecular weight is 376 g/mol. The molecule has 0 aliphatic carbocycles. The van der Waals surface area contributed by atoms with Gasteiger partial charge in [-0.1, -0.05) is 35.9 Å². The number of hydrogen-bond acceptors (Lipinski definition) is 4. The van der Waals surface area contributed by atoms with Gasteiger partial charge in [-0.05, 0) is 36.1 Å². The lowest BCUT2D eigenvalue weighted by Crippen LogP contribution is -2.20. The molecule has 0 bridgehead atoms. The minimum absolute atomic E-state index is 0.0407. The third-order valence-corrected chi connectivity index (χ3v) is 4.32. The van der Waals surface area contributed by atoms with Gasteiger partial charge in [-0.3, -0.25) is 9.59 Å². The third-order valence-electron chi connectivity index (χ3n) is 3.25. The summed E-state index contributed by atoms with van der Waals surface area (Å²) in [6, 6.07) is 14.7. The first kappa shape index (κ1) is 19.0. The van der Waals surface area contributed by atoms with E-state index in [9.17, 15) is 9.59 Å². The first-order valence-electron chi connectivity index (χ1n) is 7.59. The monoisotopic (exact) mass is 375 g/mol. The second kappa shape index (κ2) is 9.86. The van der Waals surface area contributed by atoms with Crippen LogP contribution in [0.1, 0.15) is 18.4 Å². The number of anilines is 1. The van der Waals surface area contributed by atoms with E-state index in [4.69, 9.17) is 11.6 Å². The standard InChI is InChI=1S/C18H18ClN3O2S/c1-25-14-8-6-13(7-9-14)12-20-22-18(24)11-10-17(23)21-16-5-3-2-4-15(16)19/h2-9,12H,10-11H2,1H3,(H,21,23)(H,22,24)/b20-12+. The second-order valence-electron chi connectivity index (χ2n) is 5.09. The number of para-hydroxylation sites is 1. The average Bonchev–Trinajstić information content (AvgIpc) is 2.62. The van der Waals surface area contributed by atoms with E-state index < -0.39 is 0 Å². The minimum Gasteiger partial charge on any atom is -0.325 e. The number of carbonyl (C=O) groups is 2. The molecule has 0 aliphatic rings. The first-order valence-corrected chi connectivity index (χ1v) is 9.19. The fourth-order valence-electron chi connectivity index (χ4n) is 1.93. The Balaban J connectivity index is 1.73. The summed E-state index contributed by atoms with van der Waals surface area (Å²) in [6.45, 7) is 0. The molecule has 130 valence electrons. The Labute approximate surface area is 155 Å². The molecular weight excluding hydrogens is 358 g/mol. The lowest BCUT2D eigenvalue weighted by molar-refractivity contribution is -0.124. The van der Waals surface area contributed by atoms with Crippen LogP contribution in [0.25, 0.3) is 0 Å². The van der Waals surface area contributed by atoms with Crippen LogP contribution in [0.5, 0.6) is 0 Å². The molecule has 2 amide bonds. The Morgan fingerprint density at radius 1 is 1.08 bits per heavy atom. The predicted octanol–water partition coefficient (Wildman–Crippen LogP) is 3.93. The summed E-state index contributed by atoms with van der Waals surface area (Å²) in [5, 5.41) is 7.01. The van der Waals surface area contributed by atoms with Crippen molar-refractivity contribution < 1.29 is 9.59 Å². The highest BCUT2D eigenvalue weighted by atomic mass is 35.5. The molecule has 25 heavy (non-hydrogen) atoms. The molecule has 0 fully saturated rings. The SMILES string of the molecule is CSc1ccc(/C=N/NC(=O)CCC(=O)Nc2ccccc2Cl)cc1. The topological polar surface area (TPSA) is 70.6 Å². The summed E-state index contributed by atoms with van der Waals surface area (Å²) >= 11 is 7.62. The van der Waals surface area contributed by atoms with E-state index in [1.54, 1.807) is 42.2 Å². The Morgan fingerprint density at radius 2 is 1.76 bits per heavy atom. The van der Waals surface area contributed by atoms with Crippen LogP contribution in [0.15, 0.2) is 58.5 Å². The number of halogens is 1. The van der Waals surface area contributed by atoms with E-state index in [0.29, 0.717) is 10.7 Å². The molecular formula is C18H18ClN3O2S. The molecule has 2 N–H and O–H groups in total. The number of amides is 2. The third kappa shape index (κ3) is 6.60. The molecule has 0 radical (unpaired) electrons. The van der Waals surface area contributed by atoms with Crippen LogP contribution in [-0.4, -0.2) is 24.3 Å². The predicted molar refractivity (Wildman–Crippen MR) is 103 cm³/mol. The van der Waals surface area contributed by atoms with Crippen molar-refractivity contribution in [3.8, 4) is 0 Å². The fourth-order valence-corrected chi connectivity index (χ4v) is 2.52. The van der Waals surface area contributed by atoms with Crippen molar-refractivity contribution in [1.82, 2.24) is 5.43 Å². The number of hydrogen-bond donors (Lipinski definition) is 2. The summed E-state index contributed by atoms with van der Waals surface area (Å²) in [4.78, 5) is 24.7. The molecule has 0 heterocycles. The van der Waals surface area contributed by atoms with Crippen LogP contribution < -0.4 is 10.7 Å². The number of nitrogens with one attached hydrogen (secondary N) is 2. The molecule has 2 aromatic carbocycles. The molecule has 0 atom stereocenters. The zero-order chi connectivity index (χ0) is 18.1. The normalized spacial score (nSPS) is 10.6. The van der Waals surface area contributed by atoms with Gasteiger partial charge in [0.1, 0.15) is 0 Å². The van der Waals surface area contributed by atoms with Gasteiger partial charge in [0.15, 0.2) is 0 Å². The molecule has 2 aromatic rings. The van der Waals surface area contributed by atoms with Crippen molar-refractivity contribution in [2.75, 3.05) is 11.6 Å². The van der Waals surface area contributed by atoms with Gasteiger partial charge in [-0.2, -0.15) is 5.10 Å². The lowest BCUT2D eigenvalue weighted by atomic mass is 10.2. The van der Waals surface area contributed by atoms with Crippen molar-refractivity contribution in [1.29, 1.82) is 0 Å². The number of thioether (sulfide) groups is 1. The number of carbonyl (C=O) groups excluding carboxylic acids is 2. The lowest BCUT2D eigenvalue weighted by Gasteiger charge is -2.06. The maximum Gasteiger partial charge on any atom is 0.240 e. The summed E-state index contributed by atoms with van der Waals surface area (Å²) in [5.74, 6) is -0.605. The van der Waals surface area contributed by atoms with Crippen LogP contribution in [0.4, 0.5) is 5.69 Å². The van der Waals surface area contributed by atoms with Crippen LogP contribution in [0, 0.1) is 0 Å². The van der Waals surface area contributed by atoms with Crippen molar-refractivity contribution in [3.63, 3.8) is 0 Å². The highest BCUT2D eigenvalue weighted by molar-refractivity contribution is 7.98. The summed E-state index contributed by atoms with van der Waals surface area (Å²) < 4.78 is 0. The van der Waals surface area contributed by atoms with E-state index in [0.717, 1.165) is 10.5 Å². The quantitative estimate of drug-likeness (QED) is 0.437. The highest BCUT2D eigenvalue weighted by Crippen LogP contribution is 2.20. The van der Waals surface area contributed by atoms with Gasteiger partial charge in [0.05, 0.1) is 16.9 Å². The fraction of sp³-hybridized carbons (Fsp3) is 0.167. The molecule has 0 aliphatic heterocycles. The Bertz CT molecular complexity index is 763. The molecule has 0 spiro atoms. The van der Waals surface area contributed by atoms with Gasteiger partial charge in [0, 0.05) is 17.7 Å². The maximum atomic E-state index is 11.8. The van der Waals surface area contributed by atoms with Gasteiger partial charge in [0.2, 0.25) is 11.8 Å². The molecule has 0 aromatic heterocycles. The van der Waals surface area contributed by atoms with E-state index in [-0.39, 0.29) is 24.7 Å². The van der Waals surface area contributed by atoms with Gasteiger partial charge in [-0.25, -0.2) is 5.43 Å². The molecule has 0 saturated carbocycles. The van der Waals surface area contributed by atoms with Gasteiger partial charge < -0.3 is 5.32 Å². The zero-order valence-corrected chi connectivity index (χ0v) is 15.2. The minimum atomic E-state index is -0.328. The van der Waals surface area contributed by atoms with Crippen molar-refractivity contribution >= 4 is 47.1 Å². The summed E-state index contributed by atoms with van der Waals surface area (Å²) in [7, 11) is 0. The molecule has 7 heteroatoms. The van der Waals surface area contributed by atoms with Crippen molar-refractivity contribution in [3.05, 3.63) is 59.1 Å². The zero-order valence-electron chi connectivity index (χ0n) is 13.7. The van der Waals surface area contributed by atoms with E-state index in [1.165, 1.54) is 0 Å². The van der Waals surface area contributed by atoms with Crippen LogP contribution in [0.2, 0.25) is 5.02 Å².